The minimum absolute atomic E-state index is 0.284. The van der Waals surface area contributed by atoms with Crippen LogP contribution in [0.4, 0.5) is 0 Å². The fourth-order valence-corrected chi connectivity index (χ4v) is 3.02. The van der Waals surface area contributed by atoms with Gasteiger partial charge in [0, 0.05) is 0 Å². The van der Waals surface area contributed by atoms with Crippen LogP contribution < -0.4 is 5.32 Å². The van der Waals surface area contributed by atoms with Gasteiger partial charge in [-0.15, -0.1) is 0 Å². The molecule has 0 aliphatic carbocycles. The minimum atomic E-state index is 0.284. The van der Waals surface area contributed by atoms with E-state index < -0.39 is 0 Å². The van der Waals surface area contributed by atoms with Crippen molar-refractivity contribution >= 4 is 11.3 Å². The van der Waals surface area contributed by atoms with Crippen LogP contribution >= 0.6 is 11.3 Å². The van der Waals surface area contributed by atoms with E-state index in [0.717, 1.165) is 13.2 Å². The Bertz CT molecular complexity index is 507. The first-order valence-corrected chi connectivity index (χ1v) is 6.71. The van der Waals surface area contributed by atoms with E-state index in [1.165, 1.54) is 22.3 Å². The van der Waals surface area contributed by atoms with Gasteiger partial charge in [0.1, 0.15) is 0 Å². The predicted molar refractivity (Wildman–Crippen MR) is 70.2 cm³/mol. The Hall–Kier alpha value is -1.16. The molecule has 1 N–H and O–H groups in total. The second kappa shape index (κ2) is 4.61. The van der Waals surface area contributed by atoms with Gasteiger partial charge >= 0.3 is 0 Å². The Balaban J connectivity index is 1.97. The molecule has 1 aromatic carbocycles. The van der Waals surface area contributed by atoms with Gasteiger partial charge in [0.15, 0.2) is 0 Å². The van der Waals surface area contributed by atoms with Crippen LogP contribution in [-0.4, -0.2) is 7.05 Å². The third-order valence-corrected chi connectivity index (χ3v) is 3.95. The number of hydrogen-bond donors (Lipinski definition) is 1. The first-order valence-electron chi connectivity index (χ1n) is 5.77. The van der Waals surface area contributed by atoms with Gasteiger partial charge < -0.3 is 10.1 Å². The Kier molecular flexibility index (Phi) is 2.97. The Morgan fingerprint density at radius 3 is 2.82 bits per heavy atom. The number of hydrogen-bond acceptors (Lipinski definition) is 3. The average molecular weight is 245 g/mol. The lowest BCUT2D eigenvalue weighted by Gasteiger charge is -2.16. The van der Waals surface area contributed by atoms with Gasteiger partial charge in [-0.2, -0.15) is 11.3 Å². The number of nitrogens with one attached hydrogen (secondary N) is 1. The molecule has 0 bridgehead atoms. The van der Waals surface area contributed by atoms with Crippen LogP contribution in [0.2, 0.25) is 0 Å². The zero-order chi connectivity index (χ0) is 11.7. The molecule has 1 unspecified atom stereocenters. The van der Waals surface area contributed by atoms with E-state index in [1.807, 2.05) is 7.05 Å². The van der Waals surface area contributed by atoms with Crippen molar-refractivity contribution in [1.29, 1.82) is 0 Å². The van der Waals surface area contributed by atoms with E-state index in [1.54, 1.807) is 11.3 Å². The standard InChI is InChI=1S/C14H15NOS/c1-15-14(12-4-5-17-9-12)10-2-3-11-7-16-8-13(11)6-10/h2-6,9,14-15H,7-8H2,1H3. The molecule has 3 heteroatoms. The first-order chi connectivity index (χ1) is 8.38. The molecule has 88 valence electrons. The number of thiophene rings is 1. The van der Waals surface area contributed by atoms with E-state index in [-0.39, 0.29) is 6.04 Å². The summed E-state index contributed by atoms with van der Waals surface area (Å²) in [6, 6.07) is 9.12. The van der Waals surface area contributed by atoms with Crippen LogP contribution in [0.3, 0.4) is 0 Å². The van der Waals surface area contributed by atoms with Gasteiger partial charge in [0.25, 0.3) is 0 Å². The van der Waals surface area contributed by atoms with Crippen LogP contribution in [-0.2, 0) is 18.0 Å². The van der Waals surface area contributed by atoms with E-state index in [4.69, 9.17) is 4.74 Å². The lowest BCUT2D eigenvalue weighted by atomic mass is 9.97. The molecular formula is C14H15NOS. The van der Waals surface area contributed by atoms with Gasteiger partial charge in [-0.25, -0.2) is 0 Å². The lowest BCUT2D eigenvalue weighted by Crippen LogP contribution is -2.17. The van der Waals surface area contributed by atoms with Crippen molar-refractivity contribution in [1.82, 2.24) is 5.32 Å². The molecule has 2 heterocycles. The zero-order valence-corrected chi connectivity index (χ0v) is 10.6. The van der Waals surface area contributed by atoms with Crippen LogP contribution in [0.5, 0.6) is 0 Å². The average Bonchev–Trinajstić information content (AvgIpc) is 2.99. The molecule has 2 nitrogen and oxygen atoms in total. The normalized spacial score (nSPS) is 15.8. The molecule has 1 atom stereocenters. The Morgan fingerprint density at radius 1 is 1.18 bits per heavy atom. The summed E-state index contributed by atoms with van der Waals surface area (Å²) in [6.45, 7) is 1.52. The van der Waals surface area contributed by atoms with Crippen LogP contribution in [0.1, 0.15) is 28.3 Å². The first kappa shape index (κ1) is 11.0. The van der Waals surface area contributed by atoms with Crippen LogP contribution in [0.15, 0.2) is 35.0 Å². The highest BCUT2D eigenvalue weighted by Crippen LogP contribution is 2.28. The second-order valence-corrected chi connectivity index (χ2v) is 5.08. The molecule has 17 heavy (non-hydrogen) atoms. The van der Waals surface area contributed by atoms with Crippen molar-refractivity contribution in [2.45, 2.75) is 19.3 Å². The summed E-state index contributed by atoms with van der Waals surface area (Å²) in [4.78, 5) is 0. The summed E-state index contributed by atoms with van der Waals surface area (Å²) < 4.78 is 5.46. The van der Waals surface area contributed by atoms with Gasteiger partial charge in [-0.3, -0.25) is 0 Å². The summed E-state index contributed by atoms with van der Waals surface area (Å²) in [5, 5.41) is 7.70. The van der Waals surface area contributed by atoms with E-state index >= 15 is 0 Å². The molecule has 0 spiro atoms. The summed E-state index contributed by atoms with van der Waals surface area (Å²) in [6.07, 6.45) is 0. The van der Waals surface area contributed by atoms with Crippen LogP contribution in [0.25, 0.3) is 0 Å². The molecule has 3 rings (SSSR count). The van der Waals surface area contributed by atoms with Crippen molar-refractivity contribution in [3.05, 3.63) is 57.3 Å². The number of benzene rings is 1. The third-order valence-electron chi connectivity index (χ3n) is 3.24. The monoisotopic (exact) mass is 245 g/mol. The van der Waals surface area contributed by atoms with Crippen molar-refractivity contribution in [3.63, 3.8) is 0 Å². The highest BCUT2D eigenvalue weighted by molar-refractivity contribution is 7.08. The minimum Gasteiger partial charge on any atom is -0.372 e. The highest BCUT2D eigenvalue weighted by atomic mass is 32.1. The molecule has 1 aromatic heterocycles. The molecule has 0 amide bonds. The Labute approximate surface area is 105 Å². The van der Waals surface area contributed by atoms with Crippen molar-refractivity contribution in [2.24, 2.45) is 0 Å². The Morgan fingerprint density at radius 2 is 2.06 bits per heavy atom. The maximum atomic E-state index is 5.46. The van der Waals surface area contributed by atoms with Crippen molar-refractivity contribution in [2.75, 3.05) is 7.05 Å². The lowest BCUT2D eigenvalue weighted by molar-refractivity contribution is 0.134. The quantitative estimate of drug-likeness (QED) is 0.897. The van der Waals surface area contributed by atoms with Gasteiger partial charge in [0.05, 0.1) is 19.3 Å². The SMILES string of the molecule is CNC(c1ccsc1)c1ccc2c(c1)COC2. The molecule has 0 saturated heterocycles. The summed E-state index contributed by atoms with van der Waals surface area (Å²) in [5.41, 5.74) is 5.30. The van der Waals surface area contributed by atoms with E-state index in [0.29, 0.717) is 0 Å². The summed E-state index contributed by atoms with van der Waals surface area (Å²) in [5.74, 6) is 0. The van der Waals surface area contributed by atoms with Gasteiger partial charge in [0.2, 0.25) is 0 Å². The molecule has 0 fully saturated rings. The molecule has 1 aliphatic heterocycles. The number of ether oxygens (including phenoxy) is 1. The largest absolute Gasteiger partial charge is 0.372 e. The van der Waals surface area contributed by atoms with Crippen molar-refractivity contribution in [3.8, 4) is 0 Å². The molecular weight excluding hydrogens is 230 g/mol. The fourth-order valence-electron chi connectivity index (χ4n) is 2.34. The topological polar surface area (TPSA) is 21.3 Å². The highest BCUT2D eigenvalue weighted by Gasteiger charge is 2.16. The van der Waals surface area contributed by atoms with Crippen LogP contribution in [0, 0.1) is 0 Å². The van der Waals surface area contributed by atoms with E-state index in [2.05, 4.69) is 40.3 Å². The summed E-state index contributed by atoms with van der Waals surface area (Å²) in [7, 11) is 2.01. The maximum Gasteiger partial charge on any atom is 0.0725 e. The maximum absolute atomic E-state index is 5.46. The zero-order valence-electron chi connectivity index (χ0n) is 9.77. The molecule has 1 aliphatic rings. The second-order valence-electron chi connectivity index (χ2n) is 4.30. The van der Waals surface area contributed by atoms with Crippen molar-refractivity contribution < 1.29 is 4.74 Å². The smallest absolute Gasteiger partial charge is 0.0725 e. The van der Waals surface area contributed by atoms with Gasteiger partial charge in [-0.1, -0.05) is 18.2 Å². The third kappa shape index (κ3) is 2.02. The van der Waals surface area contributed by atoms with E-state index in [9.17, 15) is 0 Å². The fraction of sp³-hybridized carbons (Fsp3) is 0.286. The number of rotatable bonds is 3. The molecule has 0 radical (unpaired) electrons. The predicted octanol–water partition coefficient (Wildman–Crippen LogP) is 3.09. The number of fused-ring (bicyclic) bond motifs is 1. The summed E-state index contributed by atoms with van der Waals surface area (Å²) >= 11 is 1.74. The van der Waals surface area contributed by atoms with Gasteiger partial charge in [-0.05, 0) is 46.1 Å². The molecule has 2 aromatic rings. The molecule has 0 saturated carbocycles.